The Morgan fingerprint density at radius 3 is 2.70 bits per heavy atom. The maximum absolute atomic E-state index is 11.5. The number of likely N-dealkylation sites (tertiary alicyclic amines) is 1. The number of nitrogens with one attached hydrogen (secondary N) is 1. The SMILES string of the molecule is CN1CCC(n2cc(Nc3ncc(Cl)c(-c4ccccc4C(=O)O)n3)cn2)CC1.[Li]. The van der Waals surface area contributed by atoms with Crippen LogP contribution in [0, 0.1) is 0 Å². The molecule has 2 N–H and O–H groups in total. The van der Waals surface area contributed by atoms with Crippen LogP contribution in [-0.4, -0.2) is 74.7 Å². The molecule has 1 saturated heterocycles. The molecule has 8 nitrogen and oxygen atoms in total. The second-order valence-corrected chi connectivity index (χ2v) is 7.52. The van der Waals surface area contributed by atoms with E-state index in [1.165, 1.54) is 12.3 Å². The number of carboxylic acid groups (broad SMARTS) is 1. The molecule has 0 atom stereocenters. The van der Waals surface area contributed by atoms with Crippen LogP contribution in [0.25, 0.3) is 11.3 Å². The number of aromatic carboxylic acids is 1. The van der Waals surface area contributed by atoms with Gasteiger partial charge >= 0.3 is 5.97 Å². The summed E-state index contributed by atoms with van der Waals surface area (Å²) in [7, 11) is 2.13. The molecule has 10 heteroatoms. The Labute approximate surface area is 191 Å². The Balaban J connectivity index is 0.00000256. The number of piperidine rings is 1. The van der Waals surface area contributed by atoms with E-state index in [-0.39, 0.29) is 29.4 Å². The topological polar surface area (TPSA) is 96.2 Å². The summed E-state index contributed by atoms with van der Waals surface area (Å²) >= 11 is 6.26. The van der Waals surface area contributed by atoms with Crippen LogP contribution in [0.1, 0.15) is 29.2 Å². The van der Waals surface area contributed by atoms with E-state index in [0.717, 1.165) is 31.6 Å². The van der Waals surface area contributed by atoms with Gasteiger partial charge in [-0.3, -0.25) is 4.68 Å². The van der Waals surface area contributed by atoms with Gasteiger partial charge in [0.1, 0.15) is 0 Å². The van der Waals surface area contributed by atoms with Crippen molar-refractivity contribution in [1.29, 1.82) is 0 Å². The molecule has 1 aromatic carbocycles. The Kier molecular flexibility index (Phi) is 7.16. The third-order valence-electron chi connectivity index (χ3n) is 5.08. The van der Waals surface area contributed by atoms with E-state index < -0.39 is 5.97 Å². The van der Waals surface area contributed by atoms with Crippen molar-refractivity contribution in [3.63, 3.8) is 0 Å². The first-order valence-corrected chi connectivity index (χ1v) is 9.74. The first kappa shape index (κ1) is 22.3. The summed E-state index contributed by atoms with van der Waals surface area (Å²) < 4.78 is 1.98. The van der Waals surface area contributed by atoms with E-state index in [1.807, 2.05) is 10.9 Å². The van der Waals surface area contributed by atoms with Gasteiger partial charge in [0.05, 0.1) is 40.4 Å². The molecule has 4 rings (SSSR count). The van der Waals surface area contributed by atoms with Gasteiger partial charge in [0.25, 0.3) is 0 Å². The van der Waals surface area contributed by atoms with Crippen LogP contribution in [0.4, 0.5) is 11.6 Å². The van der Waals surface area contributed by atoms with Crippen molar-refractivity contribution in [3.8, 4) is 11.3 Å². The molecule has 30 heavy (non-hydrogen) atoms. The molecule has 0 amide bonds. The van der Waals surface area contributed by atoms with Crippen LogP contribution in [0.15, 0.2) is 42.9 Å². The Hall–Kier alpha value is -2.37. The van der Waals surface area contributed by atoms with Crippen molar-refractivity contribution in [2.45, 2.75) is 18.9 Å². The molecule has 2 aromatic heterocycles. The molecule has 1 aliphatic heterocycles. The molecule has 0 bridgehead atoms. The number of benzene rings is 1. The van der Waals surface area contributed by atoms with E-state index in [2.05, 4.69) is 32.3 Å². The number of nitrogens with zero attached hydrogens (tertiary/aromatic N) is 5. The summed E-state index contributed by atoms with van der Waals surface area (Å²) in [4.78, 5) is 22.5. The van der Waals surface area contributed by atoms with Gasteiger partial charge in [0.15, 0.2) is 0 Å². The molecule has 0 aliphatic carbocycles. The molecule has 0 saturated carbocycles. The number of halogens is 1. The predicted molar refractivity (Wildman–Crippen MR) is 116 cm³/mol. The predicted octanol–water partition coefficient (Wildman–Crippen LogP) is 3.32. The molecule has 1 fully saturated rings. The zero-order valence-electron chi connectivity index (χ0n) is 16.9. The van der Waals surface area contributed by atoms with Gasteiger partial charge in [-0.15, -0.1) is 0 Å². The first-order valence-electron chi connectivity index (χ1n) is 9.36. The largest absolute Gasteiger partial charge is 0.478 e. The normalized spacial score (nSPS) is 14.9. The zero-order chi connectivity index (χ0) is 20.4. The van der Waals surface area contributed by atoms with Crippen LogP contribution >= 0.6 is 11.6 Å². The smallest absolute Gasteiger partial charge is 0.336 e. The summed E-state index contributed by atoms with van der Waals surface area (Å²) in [6.07, 6.45) is 7.27. The van der Waals surface area contributed by atoms with Crippen LogP contribution in [0.2, 0.25) is 5.02 Å². The second kappa shape index (κ2) is 9.62. The van der Waals surface area contributed by atoms with Crippen molar-refractivity contribution in [2.24, 2.45) is 0 Å². The van der Waals surface area contributed by atoms with Gasteiger partial charge in [-0.1, -0.05) is 29.8 Å². The molecular weight excluding hydrogens is 399 g/mol. The van der Waals surface area contributed by atoms with E-state index in [9.17, 15) is 9.90 Å². The number of hydrogen-bond acceptors (Lipinski definition) is 6. The summed E-state index contributed by atoms with van der Waals surface area (Å²) in [6.45, 7) is 2.11. The van der Waals surface area contributed by atoms with Gasteiger partial charge < -0.3 is 15.3 Å². The minimum atomic E-state index is -1.04. The first-order chi connectivity index (χ1) is 14.0. The standard InChI is InChI=1S/C20H21ClN6O2.Li/c1-26-8-6-14(7-9-26)27-12-13(10-23-27)24-20-22-11-17(21)18(25-20)15-4-2-3-5-16(15)19(28)29;/h2-5,10-12,14H,6-9H2,1H3,(H,28,29)(H,22,24,25);. The summed E-state index contributed by atoms with van der Waals surface area (Å²) in [5.74, 6) is -0.711. The maximum Gasteiger partial charge on any atom is 0.336 e. The quantitative estimate of drug-likeness (QED) is 0.612. The van der Waals surface area contributed by atoms with Gasteiger partial charge in [-0.05, 0) is 39.0 Å². The molecule has 3 heterocycles. The van der Waals surface area contributed by atoms with Crippen LogP contribution in [0.3, 0.4) is 0 Å². The number of rotatable bonds is 5. The van der Waals surface area contributed by atoms with Crippen molar-refractivity contribution < 1.29 is 9.90 Å². The molecule has 3 aromatic rings. The van der Waals surface area contributed by atoms with Crippen molar-refractivity contribution in [1.82, 2.24) is 24.6 Å². The Morgan fingerprint density at radius 1 is 1.23 bits per heavy atom. The van der Waals surface area contributed by atoms with Crippen LogP contribution < -0.4 is 5.32 Å². The average Bonchev–Trinajstić information content (AvgIpc) is 3.18. The summed E-state index contributed by atoms with van der Waals surface area (Å²) in [6, 6.07) is 7.00. The third-order valence-corrected chi connectivity index (χ3v) is 5.35. The van der Waals surface area contributed by atoms with Gasteiger partial charge in [-0.25, -0.2) is 14.8 Å². The number of anilines is 2. The maximum atomic E-state index is 11.5. The molecule has 0 unspecified atom stereocenters. The fourth-order valence-electron chi connectivity index (χ4n) is 3.48. The van der Waals surface area contributed by atoms with E-state index in [1.54, 1.807) is 24.4 Å². The van der Waals surface area contributed by atoms with Gasteiger partial charge in [-0.2, -0.15) is 5.10 Å². The van der Waals surface area contributed by atoms with E-state index in [4.69, 9.17) is 11.6 Å². The molecule has 1 radical (unpaired) electrons. The average molecular weight is 420 g/mol. The number of carboxylic acids is 1. The van der Waals surface area contributed by atoms with E-state index >= 15 is 0 Å². The number of aromatic nitrogens is 4. The van der Waals surface area contributed by atoms with Crippen LogP contribution in [-0.2, 0) is 0 Å². The Morgan fingerprint density at radius 2 is 1.97 bits per heavy atom. The van der Waals surface area contributed by atoms with Crippen LogP contribution in [0.5, 0.6) is 0 Å². The summed E-state index contributed by atoms with van der Waals surface area (Å²) in [5, 5.41) is 17.3. The Bertz CT molecular complexity index is 1040. The van der Waals surface area contributed by atoms with Crippen molar-refractivity contribution >= 4 is 48.1 Å². The molecular formula is C20H21ClLiN6O2. The van der Waals surface area contributed by atoms with Crippen molar-refractivity contribution in [2.75, 3.05) is 25.5 Å². The number of carbonyl (C=O) groups is 1. The third kappa shape index (κ3) is 4.85. The van der Waals surface area contributed by atoms with Gasteiger partial charge in [0, 0.05) is 30.6 Å². The minimum absolute atomic E-state index is 0. The fourth-order valence-corrected chi connectivity index (χ4v) is 3.68. The molecule has 151 valence electrons. The molecule has 0 spiro atoms. The number of hydrogen-bond donors (Lipinski definition) is 2. The van der Waals surface area contributed by atoms with Crippen molar-refractivity contribution in [3.05, 3.63) is 53.4 Å². The van der Waals surface area contributed by atoms with E-state index in [0.29, 0.717) is 23.2 Å². The minimum Gasteiger partial charge on any atom is -0.478 e. The monoisotopic (exact) mass is 419 g/mol. The summed E-state index contributed by atoms with van der Waals surface area (Å²) in [5.41, 5.74) is 1.71. The second-order valence-electron chi connectivity index (χ2n) is 7.11. The fraction of sp³-hybridized carbons (Fsp3) is 0.300. The van der Waals surface area contributed by atoms with Gasteiger partial charge in [0.2, 0.25) is 5.95 Å². The molecule has 1 aliphatic rings. The zero-order valence-corrected chi connectivity index (χ0v) is 17.7.